The first-order chi connectivity index (χ1) is 11.7. The molecule has 2 amide bonds. The van der Waals surface area contributed by atoms with Gasteiger partial charge in [-0.1, -0.05) is 12.1 Å². The van der Waals surface area contributed by atoms with Gasteiger partial charge in [0, 0.05) is 25.6 Å². The molecule has 24 heavy (non-hydrogen) atoms. The van der Waals surface area contributed by atoms with Crippen molar-refractivity contribution in [3.63, 3.8) is 0 Å². The van der Waals surface area contributed by atoms with Gasteiger partial charge in [0.1, 0.15) is 5.75 Å². The maximum Gasteiger partial charge on any atom is 0.225 e. The first-order valence-electron chi connectivity index (χ1n) is 8.87. The highest BCUT2D eigenvalue weighted by Crippen LogP contribution is 2.32. The van der Waals surface area contributed by atoms with Crippen LogP contribution < -0.4 is 10.1 Å². The van der Waals surface area contributed by atoms with Crippen molar-refractivity contribution in [3.8, 4) is 5.75 Å². The molecule has 0 spiro atoms. The SMILES string of the molecule is COc1ccc(CCNC(=O)[C@@H]2CCCN(C(=O)C3CC3)C2)cc1. The summed E-state index contributed by atoms with van der Waals surface area (Å²) in [5, 5.41) is 3.03. The highest BCUT2D eigenvalue weighted by molar-refractivity contribution is 5.83. The summed E-state index contributed by atoms with van der Waals surface area (Å²) in [5.41, 5.74) is 1.17. The van der Waals surface area contributed by atoms with E-state index < -0.39 is 0 Å². The molecule has 1 aliphatic carbocycles. The molecule has 130 valence electrons. The van der Waals surface area contributed by atoms with Crippen LogP contribution in [0.15, 0.2) is 24.3 Å². The zero-order valence-corrected chi connectivity index (χ0v) is 14.3. The molecule has 0 aromatic heterocycles. The fourth-order valence-corrected chi connectivity index (χ4v) is 3.25. The van der Waals surface area contributed by atoms with Crippen molar-refractivity contribution < 1.29 is 14.3 Å². The van der Waals surface area contributed by atoms with Crippen LogP contribution in [0.2, 0.25) is 0 Å². The predicted molar refractivity (Wildman–Crippen MR) is 91.7 cm³/mol. The summed E-state index contributed by atoms with van der Waals surface area (Å²) in [6.07, 6.45) is 4.65. The average molecular weight is 330 g/mol. The second kappa shape index (κ2) is 7.69. The number of hydrogen-bond acceptors (Lipinski definition) is 3. The standard InChI is InChI=1S/C19H26N2O3/c1-24-17-8-4-14(5-9-17)10-11-20-18(22)16-3-2-12-21(13-16)19(23)15-6-7-15/h4-5,8-9,15-16H,2-3,6-7,10-13H2,1H3,(H,20,22)/t16-/m1/s1. The Hall–Kier alpha value is -2.04. The van der Waals surface area contributed by atoms with Gasteiger partial charge >= 0.3 is 0 Å². The highest BCUT2D eigenvalue weighted by atomic mass is 16.5. The zero-order chi connectivity index (χ0) is 16.9. The van der Waals surface area contributed by atoms with E-state index >= 15 is 0 Å². The Kier molecular flexibility index (Phi) is 5.38. The van der Waals surface area contributed by atoms with Gasteiger partial charge in [0.15, 0.2) is 0 Å². The number of nitrogens with zero attached hydrogens (tertiary/aromatic N) is 1. The third-order valence-electron chi connectivity index (χ3n) is 4.90. The number of carbonyl (C=O) groups is 2. The molecule has 5 nitrogen and oxygen atoms in total. The topological polar surface area (TPSA) is 58.6 Å². The number of hydrogen-bond donors (Lipinski definition) is 1. The van der Waals surface area contributed by atoms with Crippen molar-refractivity contribution in [3.05, 3.63) is 29.8 Å². The molecule has 1 aliphatic heterocycles. The number of likely N-dealkylation sites (tertiary alicyclic amines) is 1. The van der Waals surface area contributed by atoms with Crippen molar-refractivity contribution in [2.75, 3.05) is 26.7 Å². The summed E-state index contributed by atoms with van der Waals surface area (Å²) in [4.78, 5) is 26.4. The van der Waals surface area contributed by atoms with Gasteiger partial charge in [-0.2, -0.15) is 0 Å². The lowest BCUT2D eigenvalue weighted by Gasteiger charge is -2.32. The van der Waals surface area contributed by atoms with E-state index in [0.29, 0.717) is 13.1 Å². The molecule has 1 saturated heterocycles. The highest BCUT2D eigenvalue weighted by Gasteiger charge is 2.36. The summed E-state index contributed by atoms with van der Waals surface area (Å²) < 4.78 is 5.14. The van der Waals surface area contributed by atoms with Gasteiger partial charge in [0.05, 0.1) is 13.0 Å². The Bertz CT molecular complexity index is 581. The molecule has 1 aromatic carbocycles. The van der Waals surface area contributed by atoms with E-state index in [4.69, 9.17) is 4.74 Å². The molecule has 2 fully saturated rings. The minimum atomic E-state index is -0.0580. The van der Waals surface area contributed by atoms with E-state index in [1.807, 2.05) is 29.2 Å². The van der Waals surface area contributed by atoms with Crippen LogP contribution in [0.5, 0.6) is 5.75 Å². The van der Waals surface area contributed by atoms with Crippen LogP contribution in [0.25, 0.3) is 0 Å². The smallest absolute Gasteiger partial charge is 0.225 e. The molecular formula is C19H26N2O3. The summed E-state index contributed by atoms with van der Waals surface area (Å²) in [6, 6.07) is 7.89. The second-order valence-electron chi connectivity index (χ2n) is 6.79. The minimum absolute atomic E-state index is 0.0580. The molecular weight excluding hydrogens is 304 g/mol. The van der Waals surface area contributed by atoms with Crippen LogP contribution in [0.3, 0.4) is 0 Å². The minimum Gasteiger partial charge on any atom is -0.497 e. The molecule has 1 heterocycles. The Morgan fingerprint density at radius 1 is 1.17 bits per heavy atom. The van der Waals surface area contributed by atoms with Crippen LogP contribution in [0.4, 0.5) is 0 Å². The van der Waals surface area contributed by atoms with Crippen LogP contribution in [-0.4, -0.2) is 43.5 Å². The van der Waals surface area contributed by atoms with Gasteiger partial charge in [0.2, 0.25) is 11.8 Å². The van der Waals surface area contributed by atoms with Crippen molar-refractivity contribution in [1.29, 1.82) is 0 Å². The Morgan fingerprint density at radius 3 is 2.58 bits per heavy atom. The lowest BCUT2D eigenvalue weighted by Crippen LogP contribution is -2.46. The number of benzene rings is 1. The van der Waals surface area contributed by atoms with Crippen molar-refractivity contribution >= 4 is 11.8 Å². The molecule has 1 saturated carbocycles. The monoisotopic (exact) mass is 330 g/mol. The number of piperidine rings is 1. The maximum absolute atomic E-state index is 12.4. The molecule has 1 atom stereocenters. The van der Waals surface area contributed by atoms with E-state index in [9.17, 15) is 9.59 Å². The summed E-state index contributed by atoms with van der Waals surface area (Å²) >= 11 is 0. The molecule has 1 aromatic rings. The maximum atomic E-state index is 12.4. The quantitative estimate of drug-likeness (QED) is 0.868. The second-order valence-corrected chi connectivity index (χ2v) is 6.79. The molecule has 0 bridgehead atoms. The molecule has 5 heteroatoms. The van der Waals surface area contributed by atoms with Crippen molar-refractivity contribution in [1.82, 2.24) is 10.2 Å². The molecule has 3 rings (SSSR count). The van der Waals surface area contributed by atoms with Crippen LogP contribution in [0.1, 0.15) is 31.2 Å². The number of ether oxygens (including phenoxy) is 1. The van der Waals surface area contributed by atoms with Crippen molar-refractivity contribution in [2.24, 2.45) is 11.8 Å². The van der Waals surface area contributed by atoms with E-state index in [0.717, 1.165) is 44.4 Å². The van der Waals surface area contributed by atoms with E-state index in [1.54, 1.807) is 7.11 Å². The van der Waals surface area contributed by atoms with Gasteiger partial charge in [-0.15, -0.1) is 0 Å². The fraction of sp³-hybridized carbons (Fsp3) is 0.579. The summed E-state index contributed by atoms with van der Waals surface area (Å²) in [6.45, 7) is 2.02. The third-order valence-corrected chi connectivity index (χ3v) is 4.90. The van der Waals surface area contributed by atoms with Gasteiger partial charge < -0.3 is 15.0 Å². The van der Waals surface area contributed by atoms with Gasteiger partial charge in [-0.3, -0.25) is 9.59 Å². The van der Waals surface area contributed by atoms with Crippen molar-refractivity contribution in [2.45, 2.75) is 32.1 Å². The van der Waals surface area contributed by atoms with Gasteiger partial charge in [-0.05, 0) is 49.8 Å². The van der Waals surface area contributed by atoms with Crippen LogP contribution >= 0.6 is 0 Å². The molecule has 0 radical (unpaired) electrons. The normalized spacial score (nSPS) is 20.5. The number of methoxy groups -OCH3 is 1. The summed E-state index contributed by atoms with van der Waals surface area (Å²) in [5.74, 6) is 1.35. The number of nitrogens with one attached hydrogen (secondary N) is 1. The zero-order valence-electron chi connectivity index (χ0n) is 14.3. The largest absolute Gasteiger partial charge is 0.497 e. The average Bonchev–Trinajstić information content (AvgIpc) is 3.47. The lowest BCUT2D eigenvalue weighted by molar-refractivity contribution is -0.136. The van der Waals surface area contributed by atoms with E-state index in [-0.39, 0.29) is 23.7 Å². The molecule has 2 aliphatic rings. The van der Waals surface area contributed by atoms with Crippen LogP contribution in [-0.2, 0) is 16.0 Å². The number of rotatable bonds is 6. The Balaban J connectivity index is 1.43. The number of carbonyl (C=O) groups excluding carboxylic acids is 2. The van der Waals surface area contributed by atoms with Gasteiger partial charge in [0.25, 0.3) is 0 Å². The summed E-state index contributed by atoms with van der Waals surface area (Å²) in [7, 11) is 1.65. The first kappa shape index (κ1) is 16.8. The fourth-order valence-electron chi connectivity index (χ4n) is 3.25. The predicted octanol–water partition coefficient (Wildman–Crippen LogP) is 2.00. The van der Waals surface area contributed by atoms with Crippen LogP contribution in [0, 0.1) is 11.8 Å². The van der Waals surface area contributed by atoms with E-state index in [1.165, 1.54) is 5.56 Å². The molecule has 1 N–H and O–H groups in total. The molecule has 0 unspecified atom stereocenters. The Morgan fingerprint density at radius 2 is 1.92 bits per heavy atom. The number of amides is 2. The third kappa shape index (κ3) is 4.28. The lowest BCUT2D eigenvalue weighted by atomic mass is 9.96. The Labute approximate surface area is 143 Å². The van der Waals surface area contributed by atoms with Gasteiger partial charge in [-0.25, -0.2) is 0 Å². The first-order valence-corrected chi connectivity index (χ1v) is 8.87. The van der Waals surface area contributed by atoms with E-state index in [2.05, 4.69) is 5.32 Å².